The zero-order valence-corrected chi connectivity index (χ0v) is 12.6. The third-order valence-electron chi connectivity index (χ3n) is 5.14. The summed E-state index contributed by atoms with van der Waals surface area (Å²) < 4.78 is 0. The fourth-order valence-corrected chi connectivity index (χ4v) is 3.41. The Kier molecular flexibility index (Phi) is 4.67. The van der Waals surface area contributed by atoms with Crippen molar-refractivity contribution in [2.24, 2.45) is 17.8 Å². The van der Waals surface area contributed by atoms with Gasteiger partial charge in [-0.25, -0.2) is 0 Å². The molecule has 3 atom stereocenters. The normalized spacial score (nSPS) is 31.6. The fraction of sp³-hybridized carbons (Fsp3) is 0.667. The van der Waals surface area contributed by atoms with Crippen molar-refractivity contribution in [1.82, 2.24) is 0 Å². The van der Waals surface area contributed by atoms with Gasteiger partial charge in [-0.1, -0.05) is 51.1 Å². The van der Waals surface area contributed by atoms with Crippen molar-refractivity contribution in [3.63, 3.8) is 0 Å². The monoisotopic (exact) mass is 260 g/mol. The molecule has 106 valence electrons. The summed E-state index contributed by atoms with van der Waals surface area (Å²) >= 11 is 0. The number of benzene rings is 1. The minimum absolute atomic E-state index is 0.436. The molecule has 0 aromatic heterocycles. The van der Waals surface area contributed by atoms with Gasteiger partial charge in [0, 0.05) is 0 Å². The van der Waals surface area contributed by atoms with E-state index in [4.69, 9.17) is 0 Å². The highest BCUT2D eigenvalue weighted by molar-refractivity contribution is 5.15. The number of hydrogen-bond acceptors (Lipinski definition) is 1. The van der Waals surface area contributed by atoms with Crippen LogP contribution < -0.4 is 0 Å². The Morgan fingerprint density at radius 3 is 2.53 bits per heavy atom. The largest absolute Gasteiger partial charge is 0.390 e. The second-order valence-corrected chi connectivity index (χ2v) is 6.78. The zero-order chi connectivity index (χ0) is 13.9. The zero-order valence-electron chi connectivity index (χ0n) is 12.6. The summed E-state index contributed by atoms with van der Waals surface area (Å²) in [4.78, 5) is 0. The molecule has 1 aromatic rings. The van der Waals surface area contributed by atoms with Gasteiger partial charge in [0.15, 0.2) is 0 Å². The molecule has 0 unspecified atom stereocenters. The smallest absolute Gasteiger partial charge is 0.0679 e. The molecule has 1 aliphatic carbocycles. The molecule has 0 amide bonds. The molecule has 1 saturated carbocycles. The number of rotatable bonds is 4. The van der Waals surface area contributed by atoms with Gasteiger partial charge < -0.3 is 5.11 Å². The lowest BCUT2D eigenvalue weighted by molar-refractivity contribution is -0.0720. The van der Waals surface area contributed by atoms with Crippen molar-refractivity contribution in [2.45, 2.75) is 58.5 Å². The molecule has 2 rings (SSSR count). The van der Waals surface area contributed by atoms with Crippen molar-refractivity contribution >= 4 is 0 Å². The minimum Gasteiger partial charge on any atom is -0.390 e. The summed E-state index contributed by atoms with van der Waals surface area (Å²) in [6.07, 6.45) is 5.34. The molecule has 0 saturated heterocycles. The standard InChI is InChI=1S/C18H28O/c1-14(2)17-10-9-15(3)18(19,13-17)12-11-16-7-5-4-6-8-16/h4-8,14-15,17,19H,9-13H2,1-3H3/t15-,17+,18+/m0/s1. The molecule has 1 aliphatic rings. The van der Waals surface area contributed by atoms with E-state index in [0.29, 0.717) is 17.8 Å². The third-order valence-corrected chi connectivity index (χ3v) is 5.14. The highest BCUT2D eigenvalue weighted by Crippen LogP contribution is 2.42. The maximum Gasteiger partial charge on any atom is 0.0679 e. The fourth-order valence-electron chi connectivity index (χ4n) is 3.41. The minimum atomic E-state index is -0.455. The average molecular weight is 260 g/mol. The van der Waals surface area contributed by atoms with Crippen LogP contribution in [0.25, 0.3) is 0 Å². The van der Waals surface area contributed by atoms with E-state index in [2.05, 4.69) is 51.1 Å². The lowest BCUT2D eigenvalue weighted by Crippen LogP contribution is -2.43. The number of aliphatic hydroxyl groups is 1. The van der Waals surface area contributed by atoms with Crippen LogP contribution in [0.5, 0.6) is 0 Å². The first-order valence-corrected chi connectivity index (χ1v) is 7.77. The van der Waals surface area contributed by atoms with Gasteiger partial charge in [-0.05, 0) is 55.4 Å². The van der Waals surface area contributed by atoms with E-state index in [1.165, 1.54) is 18.4 Å². The van der Waals surface area contributed by atoms with Crippen molar-refractivity contribution < 1.29 is 5.11 Å². The van der Waals surface area contributed by atoms with Crippen LogP contribution in [0.1, 0.15) is 52.0 Å². The lowest BCUT2D eigenvalue weighted by Gasteiger charge is -2.43. The van der Waals surface area contributed by atoms with Gasteiger partial charge in [-0.2, -0.15) is 0 Å². The van der Waals surface area contributed by atoms with E-state index in [-0.39, 0.29) is 0 Å². The summed E-state index contributed by atoms with van der Waals surface area (Å²) in [5.41, 5.74) is 0.887. The molecule has 0 aliphatic heterocycles. The Balaban J connectivity index is 1.99. The van der Waals surface area contributed by atoms with Crippen molar-refractivity contribution in [3.05, 3.63) is 35.9 Å². The Labute approximate surface area is 118 Å². The van der Waals surface area contributed by atoms with Gasteiger partial charge in [0.1, 0.15) is 0 Å². The van der Waals surface area contributed by atoms with Gasteiger partial charge >= 0.3 is 0 Å². The van der Waals surface area contributed by atoms with Crippen LogP contribution in [0, 0.1) is 17.8 Å². The first kappa shape index (κ1) is 14.6. The Bertz CT molecular complexity index is 384. The molecule has 19 heavy (non-hydrogen) atoms. The molecule has 1 nitrogen and oxygen atoms in total. The van der Waals surface area contributed by atoms with Crippen LogP contribution in [0.2, 0.25) is 0 Å². The van der Waals surface area contributed by atoms with Crippen LogP contribution in [0.15, 0.2) is 30.3 Å². The molecule has 1 fully saturated rings. The van der Waals surface area contributed by atoms with E-state index in [0.717, 1.165) is 19.3 Å². The van der Waals surface area contributed by atoms with E-state index < -0.39 is 5.60 Å². The molecular formula is C18H28O. The molecule has 1 heteroatoms. The molecule has 0 radical (unpaired) electrons. The van der Waals surface area contributed by atoms with Gasteiger partial charge in [-0.3, -0.25) is 0 Å². The SMILES string of the molecule is CC(C)[C@@H]1CC[C@H](C)[C@@](O)(CCc2ccccc2)C1. The summed E-state index contributed by atoms with van der Waals surface area (Å²) in [5, 5.41) is 11.0. The summed E-state index contributed by atoms with van der Waals surface area (Å²) in [5.74, 6) is 1.82. The average Bonchev–Trinajstić information content (AvgIpc) is 2.41. The van der Waals surface area contributed by atoms with E-state index in [1.54, 1.807) is 0 Å². The summed E-state index contributed by atoms with van der Waals surface area (Å²) in [6.45, 7) is 6.80. The Morgan fingerprint density at radius 1 is 1.21 bits per heavy atom. The highest BCUT2D eigenvalue weighted by Gasteiger charge is 2.40. The van der Waals surface area contributed by atoms with Crippen molar-refractivity contribution in [2.75, 3.05) is 0 Å². The molecular weight excluding hydrogens is 232 g/mol. The van der Waals surface area contributed by atoms with Crippen LogP contribution >= 0.6 is 0 Å². The Morgan fingerprint density at radius 2 is 1.89 bits per heavy atom. The maximum absolute atomic E-state index is 11.0. The summed E-state index contributed by atoms with van der Waals surface area (Å²) in [7, 11) is 0. The van der Waals surface area contributed by atoms with Crippen LogP contribution in [-0.4, -0.2) is 10.7 Å². The lowest BCUT2D eigenvalue weighted by atomic mass is 9.66. The second kappa shape index (κ2) is 6.09. The number of aryl methyl sites for hydroxylation is 1. The quantitative estimate of drug-likeness (QED) is 0.848. The first-order valence-electron chi connectivity index (χ1n) is 7.77. The predicted molar refractivity (Wildman–Crippen MR) is 81.1 cm³/mol. The topological polar surface area (TPSA) is 20.2 Å². The van der Waals surface area contributed by atoms with E-state index in [1.807, 2.05) is 0 Å². The van der Waals surface area contributed by atoms with Crippen LogP contribution in [-0.2, 0) is 6.42 Å². The van der Waals surface area contributed by atoms with E-state index in [9.17, 15) is 5.11 Å². The van der Waals surface area contributed by atoms with Gasteiger partial charge in [0.2, 0.25) is 0 Å². The van der Waals surface area contributed by atoms with E-state index >= 15 is 0 Å². The van der Waals surface area contributed by atoms with Crippen molar-refractivity contribution in [3.8, 4) is 0 Å². The Hall–Kier alpha value is -0.820. The van der Waals surface area contributed by atoms with Gasteiger partial charge in [0.05, 0.1) is 5.60 Å². The van der Waals surface area contributed by atoms with Crippen LogP contribution in [0.4, 0.5) is 0 Å². The molecule has 0 spiro atoms. The highest BCUT2D eigenvalue weighted by atomic mass is 16.3. The molecule has 0 bridgehead atoms. The molecule has 0 heterocycles. The maximum atomic E-state index is 11.0. The first-order chi connectivity index (χ1) is 9.01. The van der Waals surface area contributed by atoms with Crippen LogP contribution in [0.3, 0.4) is 0 Å². The van der Waals surface area contributed by atoms with Gasteiger partial charge in [-0.15, -0.1) is 0 Å². The van der Waals surface area contributed by atoms with Crippen molar-refractivity contribution in [1.29, 1.82) is 0 Å². The molecule has 1 aromatic carbocycles. The third kappa shape index (κ3) is 3.60. The second-order valence-electron chi connectivity index (χ2n) is 6.78. The summed E-state index contributed by atoms with van der Waals surface area (Å²) in [6, 6.07) is 10.5. The number of hydrogen-bond donors (Lipinski definition) is 1. The molecule has 1 N–H and O–H groups in total. The van der Waals surface area contributed by atoms with Gasteiger partial charge in [0.25, 0.3) is 0 Å². The predicted octanol–water partition coefficient (Wildman–Crippen LogP) is 4.44.